The summed E-state index contributed by atoms with van der Waals surface area (Å²) in [6.45, 7) is 2.85. The van der Waals surface area contributed by atoms with E-state index in [1.807, 2.05) is 49.4 Å². The van der Waals surface area contributed by atoms with E-state index < -0.39 is 0 Å². The molecule has 2 aromatic carbocycles. The van der Waals surface area contributed by atoms with E-state index in [9.17, 15) is 9.59 Å². The first-order valence-electron chi connectivity index (χ1n) is 8.66. The highest BCUT2D eigenvalue weighted by molar-refractivity contribution is 8.26. The lowest BCUT2D eigenvalue weighted by atomic mass is 10.1. The van der Waals surface area contributed by atoms with Crippen molar-refractivity contribution in [2.75, 3.05) is 23.4 Å². The number of hydrogen-bond acceptors (Lipinski definition) is 5. The second kappa shape index (κ2) is 7.65. The number of nitrogens with one attached hydrogen (secondary N) is 2. The van der Waals surface area contributed by atoms with Gasteiger partial charge in [0.25, 0.3) is 5.91 Å². The molecule has 0 bridgehead atoms. The molecule has 4 rings (SSSR count). The van der Waals surface area contributed by atoms with Crippen LogP contribution in [0.15, 0.2) is 47.4 Å². The number of aryl methyl sites for hydroxylation is 1. The maximum absolute atomic E-state index is 12.8. The number of carbonyl (C=O) groups excluding carboxylic acids is 2. The fourth-order valence-electron chi connectivity index (χ4n) is 2.94. The molecule has 0 atom stereocenters. The van der Waals surface area contributed by atoms with E-state index in [1.54, 1.807) is 11.0 Å². The summed E-state index contributed by atoms with van der Waals surface area (Å²) in [6.07, 6.45) is 1.75. The standard InChI is InChI=1S/C20H17N3O3S2/c1-12-2-5-14(6-3-12)21-19(25)23-8-9-26-16-7-4-13(10-15(16)23)11-17-18(24)22-20(27)28-17/h2-7,10-11H,8-9H2,1H3,(H,21,25)(H,22,24,27)/b17-11+. The molecule has 0 aliphatic carbocycles. The van der Waals surface area contributed by atoms with Crippen LogP contribution >= 0.6 is 24.0 Å². The lowest BCUT2D eigenvalue weighted by molar-refractivity contribution is -0.115. The van der Waals surface area contributed by atoms with E-state index in [0.29, 0.717) is 33.8 Å². The number of nitrogens with zero attached hydrogens (tertiary/aromatic N) is 1. The summed E-state index contributed by atoms with van der Waals surface area (Å²) in [5.74, 6) is 0.421. The summed E-state index contributed by atoms with van der Waals surface area (Å²) >= 11 is 6.24. The first kappa shape index (κ1) is 18.5. The molecule has 2 aliphatic rings. The number of rotatable bonds is 2. The van der Waals surface area contributed by atoms with Gasteiger partial charge < -0.3 is 15.4 Å². The second-order valence-electron chi connectivity index (χ2n) is 6.38. The Kier molecular flexibility index (Phi) is 5.06. The molecule has 0 spiro atoms. The van der Waals surface area contributed by atoms with Crippen molar-refractivity contribution in [3.8, 4) is 5.75 Å². The Morgan fingerprint density at radius 1 is 1.29 bits per heavy atom. The molecule has 0 aromatic heterocycles. The topological polar surface area (TPSA) is 70.7 Å². The van der Waals surface area contributed by atoms with Crippen LogP contribution in [0.25, 0.3) is 6.08 Å². The van der Waals surface area contributed by atoms with Gasteiger partial charge in [0.2, 0.25) is 0 Å². The zero-order valence-corrected chi connectivity index (χ0v) is 16.7. The summed E-state index contributed by atoms with van der Waals surface area (Å²) in [5.41, 5.74) is 3.31. The largest absolute Gasteiger partial charge is 0.490 e. The lowest BCUT2D eigenvalue weighted by Gasteiger charge is -2.30. The Morgan fingerprint density at radius 3 is 2.79 bits per heavy atom. The molecular formula is C20H17N3O3S2. The van der Waals surface area contributed by atoms with E-state index >= 15 is 0 Å². The second-order valence-corrected chi connectivity index (χ2v) is 8.09. The van der Waals surface area contributed by atoms with Crippen molar-refractivity contribution in [1.82, 2.24) is 5.32 Å². The molecule has 0 radical (unpaired) electrons. The van der Waals surface area contributed by atoms with Crippen molar-refractivity contribution < 1.29 is 14.3 Å². The summed E-state index contributed by atoms with van der Waals surface area (Å²) in [4.78, 5) is 26.9. The van der Waals surface area contributed by atoms with Gasteiger partial charge in [-0.05, 0) is 42.8 Å². The third-order valence-electron chi connectivity index (χ3n) is 4.33. The van der Waals surface area contributed by atoms with Gasteiger partial charge in [0.15, 0.2) is 0 Å². The summed E-state index contributed by atoms with van der Waals surface area (Å²) in [6, 6.07) is 12.9. The van der Waals surface area contributed by atoms with E-state index in [4.69, 9.17) is 17.0 Å². The third kappa shape index (κ3) is 3.88. The SMILES string of the molecule is Cc1ccc(NC(=O)N2CCOc3ccc(/C=C4/SC(=S)NC4=O)cc32)cc1. The van der Waals surface area contributed by atoms with Crippen molar-refractivity contribution in [3.63, 3.8) is 0 Å². The van der Waals surface area contributed by atoms with Crippen LogP contribution in [-0.2, 0) is 4.79 Å². The van der Waals surface area contributed by atoms with Crippen LogP contribution in [0.1, 0.15) is 11.1 Å². The van der Waals surface area contributed by atoms with Gasteiger partial charge in [-0.1, -0.05) is 47.7 Å². The smallest absolute Gasteiger partial charge is 0.326 e. The number of carbonyl (C=O) groups is 2. The quantitative estimate of drug-likeness (QED) is 0.579. The molecule has 2 aliphatic heterocycles. The maximum atomic E-state index is 12.8. The molecule has 6 nitrogen and oxygen atoms in total. The molecule has 142 valence electrons. The molecule has 2 heterocycles. The zero-order valence-electron chi connectivity index (χ0n) is 15.0. The van der Waals surface area contributed by atoms with E-state index in [1.165, 1.54) is 11.8 Å². The normalized spacial score (nSPS) is 17.2. The average molecular weight is 412 g/mol. The fourth-order valence-corrected chi connectivity index (χ4v) is 3.98. The van der Waals surface area contributed by atoms with Crippen LogP contribution < -0.4 is 20.3 Å². The van der Waals surface area contributed by atoms with Crippen LogP contribution in [0.5, 0.6) is 5.75 Å². The zero-order chi connectivity index (χ0) is 19.7. The predicted octanol–water partition coefficient (Wildman–Crippen LogP) is 3.91. The first-order valence-corrected chi connectivity index (χ1v) is 9.89. The monoisotopic (exact) mass is 411 g/mol. The number of benzene rings is 2. The van der Waals surface area contributed by atoms with E-state index in [0.717, 1.165) is 16.8 Å². The Labute approximate surface area is 171 Å². The Hall–Kier alpha value is -2.84. The highest BCUT2D eigenvalue weighted by Gasteiger charge is 2.25. The summed E-state index contributed by atoms with van der Waals surface area (Å²) < 4.78 is 6.13. The van der Waals surface area contributed by atoms with Gasteiger partial charge in [-0.2, -0.15) is 0 Å². The predicted molar refractivity (Wildman–Crippen MR) is 116 cm³/mol. The van der Waals surface area contributed by atoms with Gasteiger partial charge >= 0.3 is 6.03 Å². The van der Waals surface area contributed by atoms with Crippen LogP contribution in [0.3, 0.4) is 0 Å². The van der Waals surface area contributed by atoms with Crippen LogP contribution in [0.2, 0.25) is 0 Å². The molecule has 2 N–H and O–H groups in total. The van der Waals surface area contributed by atoms with Crippen molar-refractivity contribution in [2.24, 2.45) is 0 Å². The molecule has 28 heavy (non-hydrogen) atoms. The number of thiocarbonyl (C=S) groups is 1. The Morgan fingerprint density at radius 2 is 2.07 bits per heavy atom. The van der Waals surface area contributed by atoms with E-state index in [-0.39, 0.29) is 11.9 Å². The molecule has 0 unspecified atom stereocenters. The fraction of sp³-hybridized carbons (Fsp3) is 0.150. The highest BCUT2D eigenvalue weighted by Crippen LogP contribution is 2.35. The van der Waals surface area contributed by atoms with Crippen LogP contribution in [-0.4, -0.2) is 29.4 Å². The van der Waals surface area contributed by atoms with Crippen LogP contribution in [0, 0.1) is 6.92 Å². The third-order valence-corrected chi connectivity index (χ3v) is 5.50. The van der Waals surface area contributed by atoms with Gasteiger partial charge in [0.1, 0.15) is 16.7 Å². The van der Waals surface area contributed by atoms with Gasteiger partial charge in [-0.15, -0.1) is 0 Å². The van der Waals surface area contributed by atoms with Crippen molar-refractivity contribution in [1.29, 1.82) is 0 Å². The molecular weight excluding hydrogens is 394 g/mol. The minimum absolute atomic E-state index is 0.210. The van der Waals surface area contributed by atoms with Crippen molar-refractivity contribution >= 4 is 57.7 Å². The molecule has 2 aromatic rings. The number of thioether (sulfide) groups is 1. The molecule has 3 amide bonds. The number of urea groups is 1. The number of ether oxygens (including phenoxy) is 1. The number of fused-ring (bicyclic) bond motifs is 1. The number of amides is 3. The Bertz CT molecular complexity index is 1000. The minimum Gasteiger partial charge on any atom is -0.490 e. The van der Waals surface area contributed by atoms with Gasteiger partial charge in [-0.25, -0.2) is 4.79 Å². The minimum atomic E-state index is -0.229. The summed E-state index contributed by atoms with van der Waals surface area (Å²) in [7, 11) is 0. The average Bonchev–Trinajstić information content (AvgIpc) is 3.00. The highest BCUT2D eigenvalue weighted by atomic mass is 32.2. The number of hydrogen-bond donors (Lipinski definition) is 2. The van der Waals surface area contributed by atoms with Crippen LogP contribution in [0.4, 0.5) is 16.2 Å². The molecule has 1 fully saturated rings. The van der Waals surface area contributed by atoms with Crippen molar-refractivity contribution in [3.05, 3.63) is 58.5 Å². The van der Waals surface area contributed by atoms with Gasteiger partial charge in [0.05, 0.1) is 17.1 Å². The Balaban J connectivity index is 1.60. The van der Waals surface area contributed by atoms with E-state index in [2.05, 4.69) is 10.6 Å². The molecule has 1 saturated heterocycles. The van der Waals surface area contributed by atoms with Gasteiger partial charge in [-0.3, -0.25) is 9.69 Å². The lowest BCUT2D eigenvalue weighted by Crippen LogP contribution is -2.40. The maximum Gasteiger partial charge on any atom is 0.326 e. The summed E-state index contributed by atoms with van der Waals surface area (Å²) in [5, 5.41) is 5.51. The number of anilines is 2. The van der Waals surface area contributed by atoms with Gasteiger partial charge in [0, 0.05) is 5.69 Å². The molecule has 0 saturated carbocycles. The first-order chi connectivity index (χ1) is 13.5. The molecule has 8 heteroatoms. The van der Waals surface area contributed by atoms with Crippen molar-refractivity contribution in [2.45, 2.75) is 6.92 Å².